The van der Waals surface area contributed by atoms with E-state index >= 15 is 0 Å². The van der Waals surface area contributed by atoms with Crippen molar-refractivity contribution in [1.82, 2.24) is 15.5 Å². The fourth-order valence-corrected chi connectivity index (χ4v) is 2.11. The quantitative estimate of drug-likeness (QED) is 0.422. The molecule has 0 saturated carbocycles. The van der Waals surface area contributed by atoms with Crippen LogP contribution >= 0.6 is 24.0 Å². The molecule has 6 nitrogen and oxygen atoms in total. The molecule has 0 aromatic carbocycles. The van der Waals surface area contributed by atoms with Crippen molar-refractivity contribution in [3.63, 3.8) is 0 Å². The van der Waals surface area contributed by atoms with Crippen molar-refractivity contribution in [1.29, 1.82) is 0 Å². The van der Waals surface area contributed by atoms with Gasteiger partial charge in [0.1, 0.15) is 0 Å². The molecule has 1 amide bonds. The molecule has 1 fully saturated rings. The molecule has 1 saturated heterocycles. The number of hydrogen-bond acceptors (Lipinski definition) is 3. The molecule has 1 rings (SSSR count). The number of nitrogens with zero attached hydrogens (tertiary/aromatic N) is 2. The number of aliphatic imine (C=N–C) groups is 1. The molecule has 0 aromatic rings. The lowest BCUT2D eigenvalue weighted by Crippen LogP contribution is -2.50. The number of guanidine groups is 1. The van der Waals surface area contributed by atoms with Crippen LogP contribution in [0, 0.1) is 5.92 Å². The maximum Gasteiger partial charge on any atom is 0.409 e. The molecule has 2 N–H and O–H groups in total. The van der Waals surface area contributed by atoms with E-state index < -0.39 is 0 Å². The minimum Gasteiger partial charge on any atom is -0.450 e. The predicted octanol–water partition coefficient (Wildman–Crippen LogP) is 2.05. The maximum absolute atomic E-state index is 11.6. The lowest BCUT2D eigenvalue weighted by atomic mass is 10.1. The van der Waals surface area contributed by atoms with Crippen LogP contribution in [0.2, 0.25) is 0 Å². The Morgan fingerprint density at radius 3 is 2.48 bits per heavy atom. The molecule has 1 aliphatic rings. The number of carbonyl (C=O) groups is 1. The van der Waals surface area contributed by atoms with E-state index in [0.717, 1.165) is 38.4 Å². The highest BCUT2D eigenvalue weighted by atomic mass is 127. The molecule has 7 heteroatoms. The summed E-state index contributed by atoms with van der Waals surface area (Å²) in [6.07, 6.45) is 1.64. The smallest absolute Gasteiger partial charge is 0.409 e. The number of carbonyl (C=O) groups excluding carboxylic acids is 1. The number of ether oxygens (including phenoxy) is 1. The highest BCUT2D eigenvalue weighted by Crippen LogP contribution is 2.11. The second-order valence-corrected chi connectivity index (χ2v) is 5.45. The van der Waals surface area contributed by atoms with Crippen molar-refractivity contribution in [2.75, 3.05) is 33.3 Å². The molecular weight excluding hydrogens is 383 g/mol. The Morgan fingerprint density at radius 1 is 1.38 bits per heavy atom. The average molecular weight is 412 g/mol. The van der Waals surface area contributed by atoms with E-state index in [4.69, 9.17) is 4.74 Å². The van der Waals surface area contributed by atoms with Crippen LogP contribution in [0.15, 0.2) is 4.99 Å². The van der Waals surface area contributed by atoms with Crippen molar-refractivity contribution in [2.24, 2.45) is 10.9 Å². The molecule has 0 atom stereocenters. The van der Waals surface area contributed by atoms with Gasteiger partial charge in [0, 0.05) is 32.7 Å². The summed E-state index contributed by atoms with van der Waals surface area (Å²) >= 11 is 0. The molecule has 0 bridgehead atoms. The second-order valence-electron chi connectivity index (χ2n) is 5.45. The summed E-state index contributed by atoms with van der Waals surface area (Å²) in [4.78, 5) is 17.6. The molecule has 0 aromatic heterocycles. The SMILES string of the molecule is CCOC(=O)N1CCC(NC(=NC)NCC(C)C)CC1.I. The first kappa shape index (κ1) is 20.3. The third kappa shape index (κ3) is 7.73. The average Bonchev–Trinajstić information content (AvgIpc) is 2.44. The van der Waals surface area contributed by atoms with Crippen LogP contribution in [0.25, 0.3) is 0 Å². The van der Waals surface area contributed by atoms with Gasteiger partial charge in [-0.3, -0.25) is 4.99 Å². The van der Waals surface area contributed by atoms with E-state index in [9.17, 15) is 4.79 Å². The number of nitrogens with one attached hydrogen (secondary N) is 2. The van der Waals surface area contributed by atoms with Crippen LogP contribution in [-0.2, 0) is 4.74 Å². The van der Waals surface area contributed by atoms with Crippen LogP contribution < -0.4 is 10.6 Å². The first-order chi connectivity index (χ1) is 9.56. The third-order valence-corrected chi connectivity index (χ3v) is 3.26. The van der Waals surface area contributed by atoms with Gasteiger partial charge in [-0.15, -0.1) is 24.0 Å². The largest absolute Gasteiger partial charge is 0.450 e. The number of amides is 1. The molecule has 0 radical (unpaired) electrons. The zero-order valence-electron chi connectivity index (χ0n) is 13.5. The summed E-state index contributed by atoms with van der Waals surface area (Å²) in [5, 5.41) is 6.72. The number of likely N-dealkylation sites (tertiary alicyclic amines) is 1. The number of halogens is 1. The van der Waals surface area contributed by atoms with Gasteiger partial charge in [-0.25, -0.2) is 4.79 Å². The lowest BCUT2D eigenvalue weighted by Gasteiger charge is -2.32. The molecule has 1 aliphatic heterocycles. The van der Waals surface area contributed by atoms with E-state index in [1.165, 1.54) is 0 Å². The summed E-state index contributed by atoms with van der Waals surface area (Å²) in [5.74, 6) is 1.42. The van der Waals surface area contributed by atoms with E-state index in [0.29, 0.717) is 18.6 Å². The third-order valence-electron chi connectivity index (χ3n) is 3.26. The minimum absolute atomic E-state index is 0. The minimum atomic E-state index is -0.201. The summed E-state index contributed by atoms with van der Waals surface area (Å²) in [6.45, 7) is 8.96. The fourth-order valence-electron chi connectivity index (χ4n) is 2.11. The Hall–Kier alpha value is -0.730. The van der Waals surface area contributed by atoms with Gasteiger partial charge >= 0.3 is 6.09 Å². The second kappa shape index (κ2) is 10.9. The van der Waals surface area contributed by atoms with E-state index in [-0.39, 0.29) is 30.1 Å². The van der Waals surface area contributed by atoms with Crippen LogP contribution in [0.5, 0.6) is 0 Å². The molecule has 21 heavy (non-hydrogen) atoms. The molecule has 0 unspecified atom stereocenters. The molecule has 0 aliphatic carbocycles. The van der Waals surface area contributed by atoms with Crippen molar-refractivity contribution in [3.8, 4) is 0 Å². The Balaban J connectivity index is 0.00000400. The van der Waals surface area contributed by atoms with Gasteiger partial charge in [-0.1, -0.05) is 13.8 Å². The van der Waals surface area contributed by atoms with Crippen molar-refractivity contribution < 1.29 is 9.53 Å². The number of rotatable bonds is 4. The Kier molecular flexibility index (Phi) is 10.5. The molecule has 1 heterocycles. The summed E-state index contributed by atoms with van der Waals surface area (Å²) in [7, 11) is 1.78. The van der Waals surface area contributed by atoms with Gasteiger partial charge < -0.3 is 20.3 Å². The molecule has 124 valence electrons. The highest BCUT2D eigenvalue weighted by Gasteiger charge is 2.23. The van der Waals surface area contributed by atoms with Crippen molar-refractivity contribution in [3.05, 3.63) is 0 Å². The molecule has 0 spiro atoms. The zero-order valence-corrected chi connectivity index (χ0v) is 15.8. The van der Waals surface area contributed by atoms with E-state index in [1.54, 1.807) is 11.9 Å². The fraction of sp³-hybridized carbons (Fsp3) is 0.857. The van der Waals surface area contributed by atoms with E-state index in [1.807, 2.05) is 6.92 Å². The van der Waals surface area contributed by atoms with Gasteiger partial charge in [0.2, 0.25) is 0 Å². The van der Waals surface area contributed by atoms with Gasteiger partial charge in [0.05, 0.1) is 6.61 Å². The normalized spacial score (nSPS) is 16.4. The Morgan fingerprint density at radius 2 is 2.00 bits per heavy atom. The number of piperidine rings is 1. The van der Waals surface area contributed by atoms with Gasteiger partial charge in [-0.2, -0.15) is 0 Å². The number of hydrogen-bond donors (Lipinski definition) is 2. The summed E-state index contributed by atoms with van der Waals surface area (Å²) in [5.41, 5.74) is 0. The zero-order chi connectivity index (χ0) is 15.0. The van der Waals surface area contributed by atoms with Crippen LogP contribution in [-0.4, -0.2) is 56.3 Å². The first-order valence-electron chi connectivity index (χ1n) is 7.45. The standard InChI is InChI=1S/C14H28N4O2.HI/c1-5-20-14(19)18-8-6-12(7-9-18)17-13(15-4)16-10-11(2)3;/h11-12H,5-10H2,1-4H3,(H2,15,16,17);1H. The predicted molar refractivity (Wildman–Crippen MR) is 96.4 cm³/mol. The first-order valence-corrected chi connectivity index (χ1v) is 7.45. The van der Waals surface area contributed by atoms with Crippen LogP contribution in [0.1, 0.15) is 33.6 Å². The van der Waals surface area contributed by atoms with Crippen LogP contribution in [0.4, 0.5) is 4.79 Å². The Labute approximate surface area is 145 Å². The molecular formula is C14H29IN4O2. The topological polar surface area (TPSA) is 66.0 Å². The van der Waals surface area contributed by atoms with Crippen molar-refractivity contribution in [2.45, 2.75) is 39.7 Å². The summed E-state index contributed by atoms with van der Waals surface area (Å²) in [6, 6.07) is 0.360. The van der Waals surface area contributed by atoms with Crippen molar-refractivity contribution >= 4 is 36.0 Å². The van der Waals surface area contributed by atoms with Gasteiger partial charge in [0.25, 0.3) is 0 Å². The monoisotopic (exact) mass is 412 g/mol. The van der Waals surface area contributed by atoms with Gasteiger partial charge in [0.15, 0.2) is 5.96 Å². The lowest BCUT2D eigenvalue weighted by molar-refractivity contribution is 0.0963. The van der Waals surface area contributed by atoms with E-state index in [2.05, 4.69) is 29.5 Å². The maximum atomic E-state index is 11.6. The summed E-state index contributed by atoms with van der Waals surface area (Å²) < 4.78 is 5.01. The van der Waals surface area contributed by atoms with Crippen LogP contribution in [0.3, 0.4) is 0 Å². The Bertz CT molecular complexity index is 329. The van der Waals surface area contributed by atoms with Gasteiger partial charge in [-0.05, 0) is 25.7 Å². The highest BCUT2D eigenvalue weighted by molar-refractivity contribution is 14.0.